The van der Waals surface area contributed by atoms with Crippen LogP contribution in [0.2, 0.25) is 0 Å². The normalized spacial score (nSPS) is 11.4. The van der Waals surface area contributed by atoms with Gasteiger partial charge in [-0.25, -0.2) is 4.79 Å². The number of carbonyl (C=O) groups is 2. The number of amides is 1. The number of Topliss-reactive ketones (excluding diaryl/α,β-unsaturated/α-hetero) is 1. The average Bonchev–Trinajstić information content (AvgIpc) is 2.33. The summed E-state index contributed by atoms with van der Waals surface area (Å²) in [5.74, 6) is -0.0629. The molecule has 0 unspecified atom stereocenters. The summed E-state index contributed by atoms with van der Waals surface area (Å²) in [5.41, 5.74) is 0.801. The van der Waals surface area contributed by atoms with Gasteiger partial charge in [0.15, 0.2) is 5.78 Å². The smallest absolute Gasteiger partial charge is 0.407 e. The summed E-state index contributed by atoms with van der Waals surface area (Å²) < 4.78 is 5.10. The third-order valence-corrected chi connectivity index (χ3v) is 2.22. The number of hydrogen-bond acceptors (Lipinski definition) is 4. The third kappa shape index (κ3) is 6.13. The summed E-state index contributed by atoms with van der Waals surface area (Å²) in [4.78, 5) is 26.5. The molecule has 0 atom stereocenters. The summed E-state index contributed by atoms with van der Waals surface area (Å²) in [5, 5.41) is 2.62. The van der Waals surface area contributed by atoms with Gasteiger partial charge in [-0.15, -0.1) is 0 Å². The van der Waals surface area contributed by atoms with E-state index in [1.54, 1.807) is 24.4 Å². The molecule has 0 bridgehead atoms. The topological polar surface area (TPSA) is 68.3 Å². The zero-order valence-electron chi connectivity index (χ0n) is 12.3. The van der Waals surface area contributed by atoms with Crippen LogP contribution in [-0.4, -0.2) is 29.0 Å². The zero-order chi connectivity index (χ0) is 15.2. The minimum atomic E-state index is -0.500. The molecule has 0 aliphatic carbocycles. The van der Waals surface area contributed by atoms with Crippen LogP contribution >= 0.6 is 0 Å². The quantitative estimate of drug-likeness (QED) is 0.859. The van der Waals surface area contributed by atoms with E-state index in [1.807, 2.05) is 26.8 Å². The Morgan fingerprint density at radius 2 is 2.05 bits per heavy atom. The minimum Gasteiger partial charge on any atom is -0.444 e. The number of rotatable bonds is 4. The highest BCUT2D eigenvalue weighted by atomic mass is 16.6. The molecule has 0 saturated carbocycles. The van der Waals surface area contributed by atoms with Gasteiger partial charge in [-0.2, -0.15) is 0 Å². The molecular weight excluding hydrogens is 256 g/mol. The second-order valence-corrected chi connectivity index (χ2v) is 5.32. The van der Waals surface area contributed by atoms with Crippen molar-refractivity contribution in [3.05, 3.63) is 35.7 Å². The van der Waals surface area contributed by atoms with Gasteiger partial charge in [-0.05, 0) is 32.4 Å². The third-order valence-electron chi connectivity index (χ3n) is 2.22. The molecule has 20 heavy (non-hydrogen) atoms. The molecule has 0 saturated heterocycles. The second-order valence-electron chi connectivity index (χ2n) is 5.32. The molecular formula is C15H20N2O3. The molecule has 0 spiro atoms. The van der Waals surface area contributed by atoms with E-state index in [9.17, 15) is 9.59 Å². The molecule has 0 aromatic carbocycles. The van der Waals surface area contributed by atoms with Crippen molar-refractivity contribution in [2.75, 3.05) is 6.54 Å². The number of pyridine rings is 1. The first-order chi connectivity index (χ1) is 9.28. The lowest BCUT2D eigenvalue weighted by molar-refractivity contribution is 0.0534. The van der Waals surface area contributed by atoms with Crippen LogP contribution in [0.25, 0.3) is 6.08 Å². The van der Waals surface area contributed by atoms with E-state index in [-0.39, 0.29) is 5.78 Å². The van der Waals surface area contributed by atoms with Gasteiger partial charge in [0.25, 0.3) is 0 Å². The predicted octanol–water partition coefficient (Wildman–Crippen LogP) is 2.82. The van der Waals surface area contributed by atoms with Crippen LogP contribution in [-0.2, 0) is 4.74 Å². The van der Waals surface area contributed by atoms with Gasteiger partial charge in [0.1, 0.15) is 11.3 Å². The maximum absolute atomic E-state index is 11.4. The monoisotopic (exact) mass is 276 g/mol. The summed E-state index contributed by atoms with van der Waals surface area (Å²) >= 11 is 0. The molecule has 1 heterocycles. The van der Waals surface area contributed by atoms with Crippen molar-refractivity contribution in [2.45, 2.75) is 33.3 Å². The van der Waals surface area contributed by atoms with Gasteiger partial charge < -0.3 is 10.1 Å². The van der Waals surface area contributed by atoms with Crippen LogP contribution in [0.4, 0.5) is 4.79 Å². The fourth-order valence-corrected chi connectivity index (χ4v) is 1.36. The number of ether oxygens (including phenoxy) is 1. The Labute approximate surface area is 119 Å². The van der Waals surface area contributed by atoms with E-state index >= 15 is 0 Å². The molecule has 5 nitrogen and oxygen atoms in total. The van der Waals surface area contributed by atoms with Crippen molar-refractivity contribution in [3.63, 3.8) is 0 Å². The van der Waals surface area contributed by atoms with Crippen molar-refractivity contribution >= 4 is 18.0 Å². The number of aromatic nitrogens is 1. The Morgan fingerprint density at radius 3 is 2.55 bits per heavy atom. The molecule has 0 aliphatic rings. The van der Waals surface area contributed by atoms with Crippen LogP contribution in [0.1, 0.15) is 43.7 Å². The first-order valence-electron chi connectivity index (χ1n) is 6.38. The molecule has 1 rings (SSSR count). The lowest BCUT2D eigenvalue weighted by Gasteiger charge is -2.19. The Bertz CT molecular complexity index is 499. The maximum Gasteiger partial charge on any atom is 0.407 e. The first kappa shape index (κ1) is 15.9. The molecule has 1 N–H and O–H groups in total. The number of carbonyl (C=O) groups excluding carboxylic acids is 2. The standard InChI is InChI=1S/C15H20N2O3/c1-11(18)13-8-7-12(10-17-13)6-5-9-16-14(19)20-15(2,3)4/h5-8,10H,9H2,1-4H3,(H,16,19). The Hall–Kier alpha value is -2.17. The van der Waals surface area contributed by atoms with Crippen LogP contribution in [0, 0.1) is 0 Å². The van der Waals surface area contributed by atoms with Crippen LogP contribution in [0.5, 0.6) is 0 Å². The molecule has 5 heteroatoms. The van der Waals surface area contributed by atoms with Crippen LogP contribution in [0.3, 0.4) is 0 Å². The van der Waals surface area contributed by atoms with Crippen molar-refractivity contribution < 1.29 is 14.3 Å². The zero-order valence-corrected chi connectivity index (χ0v) is 12.3. The summed E-state index contributed by atoms with van der Waals surface area (Å²) in [7, 11) is 0. The number of nitrogens with one attached hydrogen (secondary N) is 1. The van der Waals surface area contributed by atoms with E-state index in [4.69, 9.17) is 4.74 Å². The fourth-order valence-electron chi connectivity index (χ4n) is 1.36. The van der Waals surface area contributed by atoms with E-state index in [2.05, 4.69) is 10.3 Å². The Morgan fingerprint density at radius 1 is 1.35 bits per heavy atom. The predicted molar refractivity (Wildman–Crippen MR) is 77.5 cm³/mol. The van der Waals surface area contributed by atoms with Crippen molar-refractivity contribution in [1.29, 1.82) is 0 Å². The van der Waals surface area contributed by atoms with Gasteiger partial charge in [0.2, 0.25) is 0 Å². The van der Waals surface area contributed by atoms with E-state index < -0.39 is 11.7 Å². The Balaban J connectivity index is 2.42. The fraction of sp³-hybridized carbons (Fsp3) is 0.400. The summed E-state index contributed by atoms with van der Waals surface area (Å²) in [6, 6.07) is 3.47. The molecule has 0 fully saturated rings. The molecule has 1 amide bonds. The number of alkyl carbamates (subject to hydrolysis) is 1. The van der Waals surface area contributed by atoms with Crippen molar-refractivity contribution in [3.8, 4) is 0 Å². The molecule has 0 radical (unpaired) electrons. The average molecular weight is 276 g/mol. The van der Waals surface area contributed by atoms with E-state index in [1.165, 1.54) is 6.92 Å². The highest BCUT2D eigenvalue weighted by molar-refractivity contribution is 5.92. The van der Waals surface area contributed by atoms with Gasteiger partial charge in [0, 0.05) is 19.7 Å². The highest BCUT2D eigenvalue weighted by Gasteiger charge is 2.14. The molecule has 0 aliphatic heterocycles. The van der Waals surface area contributed by atoms with E-state index in [0.29, 0.717) is 12.2 Å². The highest BCUT2D eigenvalue weighted by Crippen LogP contribution is 2.06. The SMILES string of the molecule is CC(=O)c1ccc(C=CCNC(=O)OC(C)(C)C)cn1. The Kier molecular flexibility index (Phi) is 5.43. The van der Waals surface area contributed by atoms with Gasteiger partial charge in [-0.3, -0.25) is 9.78 Å². The van der Waals surface area contributed by atoms with Crippen LogP contribution < -0.4 is 5.32 Å². The number of ketones is 1. The first-order valence-corrected chi connectivity index (χ1v) is 6.38. The number of nitrogens with zero attached hydrogens (tertiary/aromatic N) is 1. The lowest BCUT2D eigenvalue weighted by Crippen LogP contribution is -2.32. The van der Waals surface area contributed by atoms with Crippen molar-refractivity contribution in [2.24, 2.45) is 0 Å². The van der Waals surface area contributed by atoms with E-state index in [0.717, 1.165) is 5.56 Å². The van der Waals surface area contributed by atoms with Crippen LogP contribution in [0.15, 0.2) is 24.4 Å². The minimum absolute atomic E-state index is 0.0629. The van der Waals surface area contributed by atoms with Gasteiger partial charge in [0.05, 0.1) is 0 Å². The van der Waals surface area contributed by atoms with Gasteiger partial charge in [-0.1, -0.05) is 18.2 Å². The summed E-state index contributed by atoms with van der Waals surface area (Å²) in [6.45, 7) is 7.27. The molecule has 1 aromatic rings. The summed E-state index contributed by atoms with van der Waals surface area (Å²) in [6.07, 6.45) is 4.76. The van der Waals surface area contributed by atoms with Crippen molar-refractivity contribution in [1.82, 2.24) is 10.3 Å². The maximum atomic E-state index is 11.4. The van der Waals surface area contributed by atoms with Gasteiger partial charge >= 0.3 is 6.09 Å². The second kappa shape index (κ2) is 6.84. The largest absolute Gasteiger partial charge is 0.444 e. The number of hydrogen-bond donors (Lipinski definition) is 1. The molecule has 1 aromatic heterocycles. The lowest BCUT2D eigenvalue weighted by atomic mass is 10.2. The molecule has 108 valence electrons.